The van der Waals surface area contributed by atoms with Crippen LogP contribution in [0, 0.1) is 0 Å². The lowest BCUT2D eigenvalue weighted by atomic mass is 9.95. The van der Waals surface area contributed by atoms with Gasteiger partial charge in [0, 0.05) is 43.6 Å². The summed E-state index contributed by atoms with van der Waals surface area (Å²) in [6.07, 6.45) is 2.00. The normalized spacial score (nSPS) is 11.9. The van der Waals surface area contributed by atoms with E-state index >= 15 is 0 Å². The van der Waals surface area contributed by atoms with E-state index in [4.69, 9.17) is 4.98 Å². The predicted molar refractivity (Wildman–Crippen MR) is 246 cm³/mol. The summed E-state index contributed by atoms with van der Waals surface area (Å²) in [5.74, 6) is 0. The standard InChI is InChI=1S/C53H36N2SSi/c1-4-18-37(19-5-1)57(38-20-6-2-7-21-38,39-22-8-3-9-23-39)40-32-33-51-47(36-40)46-34-35-54-52(53(46)56-51)45-28-11-10-24-41(45)42-25-12-15-29-48(42)55-49-30-16-13-26-43(49)44-27-14-17-31-50(44)55/h1-36H. The van der Waals surface area contributed by atoms with Crippen LogP contribution in [0.25, 0.3) is 70.0 Å². The molecule has 268 valence electrons. The lowest BCUT2D eigenvalue weighted by Crippen LogP contribution is -2.74. The predicted octanol–water partition coefficient (Wildman–Crippen LogP) is 11.3. The van der Waals surface area contributed by atoms with Gasteiger partial charge >= 0.3 is 0 Å². The van der Waals surface area contributed by atoms with Gasteiger partial charge in [-0.2, -0.15) is 0 Å². The molecule has 0 amide bonds. The second-order valence-electron chi connectivity index (χ2n) is 14.6. The molecule has 3 aromatic heterocycles. The number of nitrogens with zero attached hydrogens (tertiary/aromatic N) is 2. The van der Waals surface area contributed by atoms with Crippen molar-refractivity contribution in [3.8, 4) is 28.1 Å². The van der Waals surface area contributed by atoms with Crippen molar-refractivity contribution in [2.75, 3.05) is 0 Å². The van der Waals surface area contributed by atoms with E-state index in [2.05, 4.69) is 217 Å². The summed E-state index contributed by atoms with van der Waals surface area (Å²) in [4.78, 5) is 5.18. The van der Waals surface area contributed by atoms with Crippen LogP contribution in [-0.2, 0) is 0 Å². The molecule has 0 aliphatic rings. The molecule has 0 fully saturated rings. The number of fused-ring (bicyclic) bond motifs is 6. The highest BCUT2D eigenvalue weighted by Crippen LogP contribution is 2.43. The number of hydrogen-bond donors (Lipinski definition) is 0. The van der Waals surface area contributed by atoms with Crippen LogP contribution in [0.2, 0.25) is 0 Å². The monoisotopic (exact) mass is 760 g/mol. The second-order valence-corrected chi connectivity index (χ2v) is 19.5. The van der Waals surface area contributed by atoms with Gasteiger partial charge in [0.1, 0.15) is 0 Å². The fraction of sp³-hybridized carbons (Fsp3) is 0. The van der Waals surface area contributed by atoms with Gasteiger partial charge in [0.05, 0.1) is 27.1 Å². The van der Waals surface area contributed by atoms with E-state index in [9.17, 15) is 0 Å². The molecule has 0 spiro atoms. The lowest BCUT2D eigenvalue weighted by molar-refractivity contribution is 1.18. The van der Waals surface area contributed by atoms with Crippen molar-refractivity contribution in [2.45, 2.75) is 0 Å². The number of benzene rings is 8. The number of pyridine rings is 1. The average molecular weight is 761 g/mol. The third-order valence-electron chi connectivity index (χ3n) is 11.6. The van der Waals surface area contributed by atoms with Gasteiger partial charge < -0.3 is 4.57 Å². The van der Waals surface area contributed by atoms with Gasteiger partial charge in [-0.1, -0.05) is 182 Å². The first kappa shape index (κ1) is 33.5. The molecule has 3 heterocycles. The van der Waals surface area contributed by atoms with Crippen LogP contribution in [0.1, 0.15) is 0 Å². The average Bonchev–Trinajstić information content (AvgIpc) is 3.84. The minimum Gasteiger partial charge on any atom is -0.309 e. The zero-order chi connectivity index (χ0) is 37.8. The molecule has 0 atom stereocenters. The van der Waals surface area contributed by atoms with Crippen LogP contribution >= 0.6 is 11.3 Å². The maximum Gasteiger partial charge on any atom is 0.179 e. The van der Waals surface area contributed by atoms with Crippen LogP contribution in [0.5, 0.6) is 0 Å². The van der Waals surface area contributed by atoms with Gasteiger partial charge in [-0.3, -0.25) is 4.98 Å². The Kier molecular flexibility index (Phi) is 8.06. The minimum atomic E-state index is -2.69. The van der Waals surface area contributed by atoms with E-state index in [0.717, 1.165) is 22.5 Å². The highest BCUT2D eigenvalue weighted by molar-refractivity contribution is 7.26. The molecule has 0 aliphatic heterocycles. The van der Waals surface area contributed by atoms with Gasteiger partial charge in [-0.05, 0) is 56.6 Å². The molecule has 0 saturated carbocycles. The molecule has 4 heteroatoms. The first-order valence-electron chi connectivity index (χ1n) is 19.5. The van der Waals surface area contributed by atoms with Crippen molar-refractivity contribution in [3.63, 3.8) is 0 Å². The van der Waals surface area contributed by atoms with Crippen molar-refractivity contribution >= 4 is 82.1 Å². The Morgan fingerprint density at radius 2 is 0.895 bits per heavy atom. The Hall–Kier alpha value is -6.85. The van der Waals surface area contributed by atoms with Crippen molar-refractivity contribution in [1.82, 2.24) is 9.55 Å². The molecule has 11 aromatic rings. The molecule has 57 heavy (non-hydrogen) atoms. The molecular formula is C53H36N2SSi. The van der Waals surface area contributed by atoms with E-state index in [0.29, 0.717) is 0 Å². The Balaban J connectivity index is 1.13. The first-order chi connectivity index (χ1) is 28.3. The van der Waals surface area contributed by atoms with Crippen LogP contribution < -0.4 is 20.7 Å². The molecule has 11 rings (SSSR count). The topological polar surface area (TPSA) is 17.8 Å². The summed E-state index contributed by atoms with van der Waals surface area (Å²) in [5, 5.41) is 10.5. The minimum absolute atomic E-state index is 1.01. The van der Waals surface area contributed by atoms with Gasteiger partial charge in [0.25, 0.3) is 0 Å². The zero-order valence-corrected chi connectivity index (χ0v) is 32.9. The third-order valence-corrected chi connectivity index (χ3v) is 17.6. The second kappa shape index (κ2) is 13.7. The van der Waals surface area contributed by atoms with E-state index in [1.165, 1.54) is 68.3 Å². The number of rotatable bonds is 7. The van der Waals surface area contributed by atoms with E-state index in [-0.39, 0.29) is 0 Å². The van der Waals surface area contributed by atoms with Gasteiger partial charge in [-0.15, -0.1) is 11.3 Å². The van der Waals surface area contributed by atoms with Crippen LogP contribution in [-0.4, -0.2) is 17.6 Å². The Labute approximate surface area is 336 Å². The molecule has 0 radical (unpaired) electrons. The molecular weight excluding hydrogens is 725 g/mol. The maximum atomic E-state index is 5.18. The largest absolute Gasteiger partial charge is 0.309 e. The molecule has 0 bridgehead atoms. The van der Waals surface area contributed by atoms with E-state index in [1.54, 1.807) is 0 Å². The summed E-state index contributed by atoms with van der Waals surface area (Å²) in [6.45, 7) is 0. The van der Waals surface area contributed by atoms with Crippen LogP contribution in [0.4, 0.5) is 0 Å². The van der Waals surface area contributed by atoms with Crippen LogP contribution in [0.15, 0.2) is 219 Å². The van der Waals surface area contributed by atoms with Gasteiger partial charge in [-0.25, -0.2) is 0 Å². The molecule has 0 unspecified atom stereocenters. The number of thiophene rings is 1. The highest BCUT2D eigenvalue weighted by atomic mass is 32.1. The summed E-state index contributed by atoms with van der Waals surface area (Å²) in [5.41, 5.74) is 8.03. The van der Waals surface area contributed by atoms with E-state index in [1.807, 2.05) is 17.5 Å². The summed E-state index contributed by atoms with van der Waals surface area (Å²) < 4.78 is 4.90. The number of aromatic nitrogens is 2. The maximum absolute atomic E-state index is 5.18. The first-order valence-corrected chi connectivity index (χ1v) is 22.3. The number of para-hydroxylation sites is 3. The Morgan fingerprint density at radius 1 is 0.386 bits per heavy atom. The van der Waals surface area contributed by atoms with Crippen molar-refractivity contribution < 1.29 is 0 Å². The third kappa shape index (κ3) is 5.26. The fourth-order valence-electron chi connectivity index (χ4n) is 9.20. The molecule has 0 N–H and O–H groups in total. The van der Waals surface area contributed by atoms with Crippen molar-refractivity contribution in [1.29, 1.82) is 0 Å². The van der Waals surface area contributed by atoms with Gasteiger partial charge in [0.15, 0.2) is 8.07 Å². The quantitative estimate of drug-likeness (QED) is 0.117. The smallest absolute Gasteiger partial charge is 0.179 e. The lowest BCUT2D eigenvalue weighted by Gasteiger charge is -2.34. The SMILES string of the molecule is c1ccc([Si](c2ccccc2)(c2ccccc2)c2ccc3sc4c(-c5ccccc5-c5ccccc5-n5c6ccccc6c6ccccc65)nccc4c3c2)cc1. The molecule has 8 aromatic carbocycles. The molecule has 0 aliphatic carbocycles. The Morgan fingerprint density at radius 3 is 1.51 bits per heavy atom. The summed E-state index contributed by atoms with van der Waals surface area (Å²) >= 11 is 1.85. The molecule has 2 nitrogen and oxygen atoms in total. The summed E-state index contributed by atoms with van der Waals surface area (Å²) in [7, 11) is -2.69. The van der Waals surface area contributed by atoms with Gasteiger partial charge in [0.2, 0.25) is 0 Å². The van der Waals surface area contributed by atoms with Crippen LogP contribution in [0.3, 0.4) is 0 Å². The van der Waals surface area contributed by atoms with E-state index < -0.39 is 8.07 Å². The fourth-order valence-corrected chi connectivity index (χ4v) is 15.1. The Bertz CT molecular complexity index is 3090. The zero-order valence-electron chi connectivity index (χ0n) is 31.1. The van der Waals surface area contributed by atoms with Crippen molar-refractivity contribution in [3.05, 3.63) is 219 Å². The summed E-state index contributed by atoms with van der Waals surface area (Å²) in [6, 6.07) is 78.1. The molecule has 0 saturated heterocycles. The van der Waals surface area contributed by atoms with Crippen molar-refractivity contribution in [2.24, 2.45) is 0 Å². The highest BCUT2D eigenvalue weighted by Gasteiger charge is 2.41. The number of hydrogen-bond acceptors (Lipinski definition) is 2.